The molecule has 1 unspecified atom stereocenters. The number of amides is 8. The second-order valence-electron chi connectivity index (χ2n) is 23.1. The topological polar surface area (TPSA) is 352 Å². The summed E-state index contributed by atoms with van der Waals surface area (Å²) in [5.41, 5.74) is 11.5. The number of imide groups is 1. The van der Waals surface area contributed by atoms with E-state index in [1.54, 1.807) is 55.1 Å². The van der Waals surface area contributed by atoms with Crippen molar-refractivity contribution in [3.05, 3.63) is 129 Å². The maximum atomic E-state index is 15.3. The van der Waals surface area contributed by atoms with Gasteiger partial charge in [-0.2, -0.15) is 0 Å². The summed E-state index contributed by atoms with van der Waals surface area (Å²) in [7, 11) is 1.48. The van der Waals surface area contributed by atoms with Crippen molar-refractivity contribution in [2.45, 2.75) is 97.2 Å². The number of urea groups is 1. The summed E-state index contributed by atoms with van der Waals surface area (Å²) in [5, 5.41) is 43.6. The van der Waals surface area contributed by atoms with E-state index < -0.39 is 65.6 Å². The van der Waals surface area contributed by atoms with Gasteiger partial charge in [0.2, 0.25) is 29.5 Å². The van der Waals surface area contributed by atoms with Crippen LogP contribution in [0.3, 0.4) is 0 Å². The molecule has 1 fully saturated rings. The number of halogens is 1. The summed E-state index contributed by atoms with van der Waals surface area (Å²) in [6.45, 7) is 5.52. The number of aryl methyl sites for hydroxylation is 2. The average molecular weight is 1340 g/mol. The summed E-state index contributed by atoms with van der Waals surface area (Å²) >= 11 is 2.65. The van der Waals surface area contributed by atoms with Crippen LogP contribution < -0.4 is 42.0 Å². The Labute approximate surface area is 554 Å². The van der Waals surface area contributed by atoms with Crippen LogP contribution in [0.2, 0.25) is 0 Å². The predicted molar refractivity (Wildman–Crippen MR) is 353 cm³/mol. The fourth-order valence-corrected chi connectivity index (χ4v) is 12.5. The maximum absolute atomic E-state index is 15.3. The number of rotatable bonds is 33. The van der Waals surface area contributed by atoms with Crippen LogP contribution in [0, 0.1) is 36.4 Å². The number of carboxylic acids is 1. The highest BCUT2D eigenvalue weighted by molar-refractivity contribution is 7.22. The van der Waals surface area contributed by atoms with E-state index in [0.29, 0.717) is 56.4 Å². The summed E-state index contributed by atoms with van der Waals surface area (Å²) in [5.74, 6) is 1.61. The third-order valence-electron chi connectivity index (χ3n) is 15.6. The number of anilines is 5. The molecule has 95 heavy (non-hydrogen) atoms. The van der Waals surface area contributed by atoms with Crippen LogP contribution in [0.25, 0.3) is 10.2 Å². The Morgan fingerprint density at radius 2 is 1.74 bits per heavy atom. The van der Waals surface area contributed by atoms with E-state index in [4.69, 9.17) is 19.9 Å². The Kier molecular flexibility index (Phi) is 24.0. The average Bonchev–Trinajstić information content (AvgIpc) is 1.60. The zero-order valence-electron chi connectivity index (χ0n) is 52.8. The first-order chi connectivity index (χ1) is 45.7. The van der Waals surface area contributed by atoms with Gasteiger partial charge < -0.3 is 66.5 Å². The van der Waals surface area contributed by atoms with Gasteiger partial charge in [-0.3, -0.25) is 28.9 Å². The van der Waals surface area contributed by atoms with Gasteiger partial charge in [0.05, 0.1) is 49.0 Å². The summed E-state index contributed by atoms with van der Waals surface area (Å²) in [6, 6.07) is 17.3. The molecular weight excluding hydrogens is 1270 g/mol. The van der Waals surface area contributed by atoms with Gasteiger partial charge in [-0.05, 0) is 129 Å². The fourth-order valence-electron chi connectivity index (χ4n) is 10.5. The number of primary amides is 1. The van der Waals surface area contributed by atoms with Gasteiger partial charge in [0.15, 0.2) is 39.2 Å². The molecule has 29 heteroatoms. The molecule has 4 heterocycles. The summed E-state index contributed by atoms with van der Waals surface area (Å²) in [6.07, 6.45) is 4.39. The molecule has 6 aromatic rings. The number of aliphatic hydroxyl groups is 1. The molecule has 3 aromatic carbocycles. The molecule has 500 valence electrons. The molecule has 26 nitrogen and oxygen atoms in total. The number of nitrogens with one attached hydrogen (secondary N) is 5. The quantitative estimate of drug-likeness (QED) is 0.0113. The van der Waals surface area contributed by atoms with Gasteiger partial charge in [-0.15, -0.1) is 21.5 Å². The van der Waals surface area contributed by atoms with E-state index in [9.17, 15) is 48.6 Å². The molecule has 1 aliphatic heterocycles. The molecule has 1 saturated heterocycles. The highest BCUT2D eigenvalue weighted by Gasteiger charge is 2.45. The Morgan fingerprint density at radius 3 is 2.44 bits per heavy atom. The first kappa shape index (κ1) is 69.5. The van der Waals surface area contributed by atoms with Crippen LogP contribution in [0.1, 0.15) is 97.3 Å². The van der Waals surface area contributed by atoms with Gasteiger partial charge in [0.1, 0.15) is 18.7 Å². The standard InChI is InChI=1S/C66H74FN13O13S2/c1-38(2)56(73-54(82)24-31-91-32-28-80-55(83)36-46(61(80)86)44-22-19-42-35-45(42)44)60(85)71-49(13-7-25-69-63(68)89)59(84)70-43-20-16-41(17-21-43)37-93-66(90)78(4)26-8-11-40-18-23-50(47(67)34-40)92-30-9-15-52-57(62(87)88)74-65(95-52)79(27-10-29-81)53-33-39(3)58(77-76-53)75-64-72-48-12-5-6-14-51(48)94-64/h5-6,12,14,16-18,20-23,33-34,38,46,49,56,81H,7,9-10,13,15,19,24-32,35-37H2,1-4H3,(H,70,84)(H,71,85)(H,73,82)(H,87,88)(H3,68,69,89)(H,72,75,77)/t46?,49-,56-/m0/s1. The number of fused-ring (bicyclic) bond motifs is 1. The van der Waals surface area contributed by atoms with Crippen LogP contribution in [0.5, 0.6) is 5.75 Å². The van der Waals surface area contributed by atoms with Crippen molar-refractivity contribution in [1.82, 2.24) is 45.9 Å². The lowest BCUT2D eigenvalue weighted by Gasteiger charge is -2.25. The second-order valence-corrected chi connectivity index (χ2v) is 25.1. The minimum absolute atomic E-state index is 0.0346. The molecule has 9 N–H and O–H groups in total. The number of nitrogens with zero attached hydrogens (tertiary/aromatic N) is 7. The summed E-state index contributed by atoms with van der Waals surface area (Å²) in [4.78, 5) is 117. The van der Waals surface area contributed by atoms with Crippen molar-refractivity contribution in [3.63, 3.8) is 0 Å². The van der Waals surface area contributed by atoms with E-state index in [-0.39, 0.29) is 115 Å². The number of aromatic carboxylic acids is 1. The second kappa shape index (κ2) is 32.8. The van der Waals surface area contributed by atoms with Crippen molar-refractivity contribution in [1.29, 1.82) is 0 Å². The third kappa shape index (κ3) is 18.9. The highest BCUT2D eigenvalue weighted by atomic mass is 32.1. The smallest absolute Gasteiger partial charge is 0.410 e. The monoisotopic (exact) mass is 1340 g/mol. The number of carbonyl (C=O) groups excluding carboxylic acids is 7. The minimum Gasteiger partial charge on any atom is -0.491 e. The van der Waals surface area contributed by atoms with E-state index in [0.717, 1.165) is 34.2 Å². The lowest BCUT2D eigenvalue weighted by molar-refractivity contribution is -0.140. The molecule has 9 rings (SSSR count). The molecule has 0 radical (unpaired) electrons. The largest absolute Gasteiger partial charge is 0.491 e. The highest BCUT2D eigenvalue weighted by Crippen LogP contribution is 2.50. The van der Waals surface area contributed by atoms with Crippen LogP contribution in [0.4, 0.5) is 41.6 Å². The van der Waals surface area contributed by atoms with Crippen LogP contribution in [-0.4, -0.2) is 160 Å². The van der Waals surface area contributed by atoms with Crippen molar-refractivity contribution < 1.29 is 67.2 Å². The maximum Gasteiger partial charge on any atom is 0.410 e. The Morgan fingerprint density at radius 1 is 0.937 bits per heavy atom. The number of aromatic nitrogens is 4. The number of aliphatic hydroxyl groups excluding tert-OH is 1. The normalized spacial score (nSPS) is 14.5. The number of para-hydroxylation sites is 1. The van der Waals surface area contributed by atoms with Gasteiger partial charge >= 0.3 is 18.1 Å². The number of thiazole rings is 2. The Hall–Kier alpha value is -9.89. The van der Waals surface area contributed by atoms with E-state index >= 15 is 4.39 Å². The van der Waals surface area contributed by atoms with Crippen LogP contribution >= 0.6 is 22.7 Å². The molecule has 0 bridgehead atoms. The number of carbonyl (C=O) groups is 8. The molecule has 0 saturated carbocycles. The Bertz CT molecular complexity index is 3940. The lowest BCUT2D eigenvalue weighted by Crippen LogP contribution is -2.54. The molecule has 3 atom stereocenters. The van der Waals surface area contributed by atoms with Crippen molar-refractivity contribution in [3.8, 4) is 17.6 Å². The van der Waals surface area contributed by atoms with E-state index in [1.807, 2.05) is 37.3 Å². The van der Waals surface area contributed by atoms with Crippen molar-refractivity contribution >= 4 is 108 Å². The number of hydrogen-bond acceptors (Lipinski definition) is 20. The minimum atomic E-state index is -1.22. The third-order valence-corrected chi connectivity index (χ3v) is 17.7. The number of benzene rings is 3. The number of likely N-dealkylation sites (tertiary alicyclic amines) is 1. The first-order valence-electron chi connectivity index (χ1n) is 31.0. The zero-order valence-corrected chi connectivity index (χ0v) is 54.5. The van der Waals surface area contributed by atoms with Crippen LogP contribution in [-0.2, 0) is 46.5 Å². The molecular formula is C66H74FN13O13S2. The predicted octanol–water partition coefficient (Wildman–Crippen LogP) is 7.41. The SMILES string of the molecule is Cc1cc(N(CCCO)c2nc(C(=O)O)c(CCCOc3ccc(C#CCN(C)C(=O)OCc4ccc(NC(=O)[C@H](CCCNC(N)=O)NC(=O)[C@@H](NC(=O)CCOCCN5C(=O)CC(C6=CCC7=C6C7)C5=O)C(C)C)cc4)cc3F)s2)nnc1Nc1nc2ccccc2s1. The number of allylic oxidation sites excluding steroid dienone is 3. The number of nitrogens with two attached hydrogens (primary N) is 1. The number of carboxylic acid groups (broad SMARTS) is 1. The lowest BCUT2D eigenvalue weighted by atomic mass is 9.95. The Balaban J connectivity index is 0.692. The summed E-state index contributed by atoms with van der Waals surface area (Å²) < 4.78 is 33.1. The van der Waals surface area contributed by atoms with Crippen molar-refractivity contribution in [2.75, 3.05) is 75.2 Å². The van der Waals surface area contributed by atoms with Crippen molar-refractivity contribution in [2.24, 2.45) is 17.6 Å². The van der Waals surface area contributed by atoms with Gasteiger partial charge in [-0.1, -0.05) is 72.9 Å². The van der Waals surface area contributed by atoms with E-state index in [2.05, 4.69) is 58.6 Å². The molecule has 0 spiro atoms. The fraction of sp³-hybridized carbons (Fsp3) is 0.394. The van der Waals surface area contributed by atoms with Gasteiger partial charge in [-0.25, -0.2) is 28.7 Å². The molecule has 3 aliphatic rings. The number of ether oxygens (including phenoxy) is 3. The van der Waals surface area contributed by atoms with E-state index in [1.165, 1.54) is 62.8 Å². The number of hydrogen-bond donors (Lipinski definition) is 8. The zero-order chi connectivity index (χ0) is 67.7. The van der Waals surface area contributed by atoms with Crippen LogP contribution in [0.15, 0.2) is 95.6 Å². The molecule has 2 aliphatic carbocycles. The molecule has 8 amide bonds. The van der Waals surface area contributed by atoms with Gasteiger partial charge in [0, 0.05) is 55.7 Å². The molecule has 3 aromatic heterocycles. The first-order valence-corrected chi connectivity index (χ1v) is 32.6. The van der Waals surface area contributed by atoms with Gasteiger partial charge in [0.25, 0.3) is 0 Å².